The summed E-state index contributed by atoms with van der Waals surface area (Å²) in [4.78, 5) is 18.1. The molecule has 3 rings (SSSR count). The Bertz CT molecular complexity index is 771. The molecule has 0 amide bonds. The van der Waals surface area contributed by atoms with Crippen LogP contribution >= 0.6 is 0 Å². The minimum absolute atomic E-state index is 0.165. The molecule has 0 unspecified atom stereocenters. The van der Waals surface area contributed by atoms with Crippen molar-refractivity contribution in [2.45, 2.75) is 53.0 Å². The average molecular weight is 343 g/mol. The van der Waals surface area contributed by atoms with Gasteiger partial charge in [0.05, 0.1) is 25.3 Å². The van der Waals surface area contributed by atoms with Crippen LogP contribution in [0.5, 0.6) is 5.75 Å². The molecule has 0 radical (unpaired) electrons. The molecule has 1 saturated heterocycles. The monoisotopic (exact) mass is 343 g/mol. The van der Waals surface area contributed by atoms with E-state index in [4.69, 9.17) is 4.74 Å². The molecule has 2 aromatic rings. The summed E-state index contributed by atoms with van der Waals surface area (Å²) in [5, 5.41) is 0.746. The standard InChI is InChI=1S/C21H30N2O2/c1-15(2)14-25-17-8-9-20-18(12-17)21(24)19(16(3)22-20)13-23-10-6-4-5-7-11-23/h8-9,12,15H,4-7,10-11,13-14H2,1-3H3,(H,22,24)/p+1. The Morgan fingerprint density at radius 2 is 1.88 bits per heavy atom. The molecule has 0 aliphatic carbocycles. The summed E-state index contributed by atoms with van der Waals surface area (Å²) in [5.74, 6) is 1.25. The Labute approximate surface area is 150 Å². The van der Waals surface area contributed by atoms with Gasteiger partial charge in [0.15, 0.2) is 5.43 Å². The van der Waals surface area contributed by atoms with E-state index in [1.165, 1.54) is 43.7 Å². The molecule has 0 atom stereocenters. The smallest absolute Gasteiger partial charge is 0.198 e. The molecule has 1 aromatic heterocycles. The van der Waals surface area contributed by atoms with Crippen LogP contribution in [-0.2, 0) is 6.54 Å². The second-order valence-corrected chi connectivity index (χ2v) is 7.81. The van der Waals surface area contributed by atoms with Crippen LogP contribution in [-0.4, -0.2) is 24.7 Å². The molecule has 4 heteroatoms. The summed E-state index contributed by atoms with van der Waals surface area (Å²) < 4.78 is 5.81. The van der Waals surface area contributed by atoms with Gasteiger partial charge in [-0.25, -0.2) is 0 Å². The van der Waals surface area contributed by atoms with E-state index in [1.807, 2.05) is 25.1 Å². The predicted molar refractivity (Wildman–Crippen MR) is 103 cm³/mol. The number of aromatic nitrogens is 1. The number of hydrogen-bond acceptors (Lipinski definition) is 2. The summed E-state index contributed by atoms with van der Waals surface area (Å²) in [5.41, 5.74) is 3.00. The normalized spacial score (nSPS) is 16.3. The van der Waals surface area contributed by atoms with Crippen molar-refractivity contribution >= 4 is 10.9 Å². The number of benzene rings is 1. The first-order chi connectivity index (χ1) is 12.0. The van der Waals surface area contributed by atoms with Crippen LogP contribution in [0.2, 0.25) is 0 Å². The van der Waals surface area contributed by atoms with Gasteiger partial charge >= 0.3 is 0 Å². The van der Waals surface area contributed by atoms with E-state index in [-0.39, 0.29) is 5.43 Å². The molecule has 136 valence electrons. The summed E-state index contributed by atoms with van der Waals surface area (Å²) in [6.07, 6.45) is 5.19. The van der Waals surface area contributed by atoms with Crippen molar-refractivity contribution in [2.75, 3.05) is 19.7 Å². The van der Waals surface area contributed by atoms with Gasteiger partial charge in [-0.05, 0) is 56.7 Å². The fourth-order valence-corrected chi connectivity index (χ4v) is 3.65. The van der Waals surface area contributed by atoms with E-state index in [0.29, 0.717) is 12.5 Å². The van der Waals surface area contributed by atoms with Gasteiger partial charge in [0.25, 0.3) is 0 Å². The molecule has 1 fully saturated rings. The molecular formula is C21H31N2O2+. The van der Waals surface area contributed by atoms with Crippen LogP contribution in [0.1, 0.15) is 50.8 Å². The molecule has 1 aliphatic rings. The number of rotatable bonds is 5. The number of H-pyrrole nitrogens is 1. The number of likely N-dealkylation sites (tertiary alicyclic amines) is 1. The lowest BCUT2D eigenvalue weighted by atomic mass is 10.1. The first kappa shape index (κ1) is 18.0. The van der Waals surface area contributed by atoms with E-state index in [2.05, 4.69) is 18.8 Å². The molecule has 1 aliphatic heterocycles. The zero-order valence-corrected chi connectivity index (χ0v) is 15.8. The lowest BCUT2D eigenvalue weighted by Crippen LogP contribution is -3.10. The Morgan fingerprint density at radius 1 is 1.16 bits per heavy atom. The summed E-state index contributed by atoms with van der Waals surface area (Å²) in [6, 6.07) is 5.80. The third kappa shape index (κ3) is 4.43. The van der Waals surface area contributed by atoms with Gasteiger partial charge in [0.1, 0.15) is 12.3 Å². The number of hydrogen-bond donors (Lipinski definition) is 2. The first-order valence-electron chi connectivity index (χ1n) is 9.66. The maximum Gasteiger partial charge on any atom is 0.198 e. The van der Waals surface area contributed by atoms with Crippen LogP contribution in [0.3, 0.4) is 0 Å². The van der Waals surface area contributed by atoms with E-state index in [9.17, 15) is 4.79 Å². The highest BCUT2D eigenvalue weighted by Gasteiger charge is 2.18. The summed E-state index contributed by atoms with van der Waals surface area (Å²) in [7, 11) is 0. The Hall–Kier alpha value is -1.81. The maximum absolute atomic E-state index is 13.1. The van der Waals surface area contributed by atoms with E-state index < -0.39 is 0 Å². The van der Waals surface area contributed by atoms with Gasteiger partial charge in [0.2, 0.25) is 0 Å². The fraction of sp³-hybridized carbons (Fsp3) is 0.571. The predicted octanol–water partition coefficient (Wildman–Crippen LogP) is 2.83. The van der Waals surface area contributed by atoms with Gasteiger partial charge in [-0.2, -0.15) is 0 Å². The number of pyridine rings is 1. The van der Waals surface area contributed by atoms with Crippen LogP contribution in [0.15, 0.2) is 23.0 Å². The van der Waals surface area contributed by atoms with Crippen molar-refractivity contribution in [1.29, 1.82) is 0 Å². The SMILES string of the molecule is Cc1[nH]c2ccc(OCC(C)C)cc2c(=O)c1C[NH+]1CCCCCC1. The molecule has 0 saturated carbocycles. The van der Waals surface area contributed by atoms with Crippen LogP contribution in [0, 0.1) is 12.8 Å². The molecule has 4 nitrogen and oxygen atoms in total. The molecule has 2 N–H and O–H groups in total. The highest BCUT2D eigenvalue weighted by Crippen LogP contribution is 2.19. The first-order valence-corrected chi connectivity index (χ1v) is 9.66. The number of quaternary nitrogens is 1. The lowest BCUT2D eigenvalue weighted by Gasteiger charge is -2.18. The molecule has 25 heavy (non-hydrogen) atoms. The third-order valence-electron chi connectivity index (χ3n) is 5.11. The molecule has 1 aromatic carbocycles. The van der Waals surface area contributed by atoms with Gasteiger partial charge in [-0.15, -0.1) is 0 Å². The quantitative estimate of drug-likeness (QED) is 0.877. The minimum atomic E-state index is 0.165. The third-order valence-corrected chi connectivity index (χ3v) is 5.11. The zero-order chi connectivity index (χ0) is 17.8. The number of nitrogens with one attached hydrogen (secondary N) is 2. The molecule has 0 spiro atoms. The van der Waals surface area contributed by atoms with Crippen molar-refractivity contribution in [3.8, 4) is 5.75 Å². The number of fused-ring (bicyclic) bond motifs is 1. The topological polar surface area (TPSA) is 46.5 Å². The van der Waals surface area contributed by atoms with Crippen molar-refractivity contribution in [1.82, 2.24) is 4.98 Å². The Morgan fingerprint density at radius 3 is 2.56 bits per heavy atom. The van der Waals surface area contributed by atoms with Crippen LogP contribution in [0.25, 0.3) is 10.9 Å². The van der Waals surface area contributed by atoms with Gasteiger partial charge in [-0.3, -0.25) is 4.79 Å². The minimum Gasteiger partial charge on any atom is -0.493 e. The van der Waals surface area contributed by atoms with E-state index in [1.54, 1.807) is 0 Å². The largest absolute Gasteiger partial charge is 0.493 e. The van der Waals surface area contributed by atoms with Crippen molar-refractivity contribution in [3.63, 3.8) is 0 Å². The molecule has 0 bridgehead atoms. The maximum atomic E-state index is 13.1. The van der Waals surface area contributed by atoms with E-state index >= 15 is 0 Å². The Kier molecular flexibility index (Phi) is 5.79. The van der Waals surface area contributed by atoms with Gasteiger partial charge in [0, 0.05) is 16.6 Å². The highest BCUT2D eigenvalue weighted by atomic mass is 16.5. The second kappa shape index (κ2) is 8.05. The average Bonchev–Trinajstić information content (AvgIpc) is 2.85. The van der Waals surface area contributed by atoms with Crippen molar-refractivity contribution < 1.29 is 9.64 Å². The number of aryl methyl sites for hydroxylation is 1. The number of aromatic amines is 1. The summed E-state index contributed by atoms with van der Waals surface area (Å²) in [6.45, 7) is 10.1. The molecule has 2 heterocycles. The number of ether oxygens (including phenoxy) is 1. The van der Waals surface area contributed by atoms with Crippen molar-refractivity contribution in [2.24, 2.45) is 5.92 Å². The molecular weight excluding hydrogens is 312 g/mol. The highest BCUT2D eigenvalue weighted by molar-refractivity contribution is 5.81. The fourth-order valence-electron chi connectivity index (χ4n) is 3.65. The van der Waals surface area contributed by atoms with Gasteiger partial charge < -0.3 is 14.6 Å². The van der Waals surface area contributed by atoms with Crippen LogP contribution < -0.4 is 15.1 Å². The lowest BCUT2D eigenvalue weighted by molar-refractivity contribution is -0.913. The Balaban J connectivity index is 1.90. The van der Waals surface area contributed by atoms with Crippen molar-refractivity contribution in [3.05, 3.63) is 39.7 Å². The van der Waals surface area contributed by atoms with Gasteiger partial charge in [-0.1, -0.05) is 13.8 Å². The second-order valence-electron chi connectivity index (χ2n) is 7.81. The van der Waals surface area contributed by atoms with Crippen LogP contribution in [0.4, 0.5) is 0 Å². The van der Waals surface area contributed by atoms with E-state index in [0.717, 1.165) is 34.5 Å². The zero-order valence-electron chi connectivity index (χ0n) is 15.8. The summed E-state index contributed by atoms with van der Waals surface area (Å²) >= 11 is 0.